The van der Waals surface area contributed by atoms with Crippen LogP contribution in [-0.2, 0) is 0 Å². The quantitative estimate of drug-likeness (QED) is 0.593. The summed E-state index contributed by atoms with van der Waals surface area (Å²) in [6.45, 7) is 10.2. The molecule has 0 unspecified atom stereocenters. The summed E-state index contributed by atoms with van der Waals surface area (Å²) in [5, 5.41) is 3.16. The van der Waals surface area contributed by atoms with Gasteiger partial charge in [0.25, 0.3) is 0 Å². The molecule has 0 radical (unpaired) electrons. The van der Waals surface area contributed by atoms with Crippen LogP contribution in [0.1, 0.15) is 30.5 Å². The normalized spacial score (nSPS) is 12.0. The Hall–Kier alpha value is -1.51. The molecule has 0 spiro atoms. The molecule has 3 nitrogen and oxygen atoms in total. The summed E-state index contributed by atoms with van der Waals surface area (Å²) in [4.78, 5) is 4.26. The molecular weight excluding hydrogens is 198 g/mol. The molecule has 3 N–H and O–H groups in total. The van der Waals surface area contributed by atoms with Crippen LogP contribution < -0.4 is 11.1 Å². The Labute approximate surface area is 97.8 Å². The lowest BCUT2D eigenvalue weighted by Gasteiger charge is -2.13. The van der Waals surface area contributed by atoms with Gasteiger partial charge in [-0.05, 0) is 45.7 Å². The number of hydrogen-bond donors (Lipinski definition) is 2. The van der Waals surface area contributed by atoms with Crippen LogP contribution in [0.4, 0.5) is 5.69 Å². The maximum atomic E-state index is 5.82. The van der Waals surface area contributed by atoms with E-state index in [2.05, 4.69) is 43.2 Å². The number of nitrogens with one attached hydrogen (secondary N) is 1. The second kappa shape index (κ2) is 5.01. The monoisotopic (exact) mass is 219 g/mol. The highest BCUT2D eigenvalue weighted by Gasteiger charge is 2.04. The number of aliphatic imine (C=N–C) groups is 1. The maximum Gasteiger partial charge on any atom is 0.193 e. The number of nitrogens with zero attached hydrogens (tertiary/aromatic N) is 1. The molecule has 0 aliphatic heterocycles. The smallest absolute Gasteiger partial charge is 0.193 e. The Bertz CT molecular complexity index is 383. The van der Waals surface area contributed by atoms with Gasteiger partial charge in [-0.15, -0.1) is 0 Å². The fourth-order valence-corrected chi connectivity index (χ4v) is 1.82. The summed E-state index contributed by atoms with van der Waals surface area (Å²) in [5.74, 6) is 0.477. The second-order valence-electron chi connectivity index (χ2n) is 4.51. The van der Waals surface area contributed by atoms with Gasteiger partial charge in [0.05, 0.1) is 0 Å². The van der Waals surface area contributed by atoms with Crippen molar-refractivity contribution < 1.29 is 0 Å². The first-order valence-electron chi connectivity index (χ1n) is 5.58. The van der Waals surface area contributed by atoms with Crippen LogP contribution in [-0.4, -0.2) is 12.0 Å². The number of benzene rings is 1. The van der Waals surface area contributed by atoms with E-state index in [-0.39, 0.29) is 6.04 Å². The molecule has 0 amide bonds. The van der Waals surface area contributed by atoms with Gasteiger partial charge in [0.2, 0.25) is 0 Å². The second-order valence-corrected chi connectivity index (χ2v) is 4.51. The molecule has 1 aromatic carbocycles. The number of rotatable bonds is 2. The molecule has 0 aliphatic carbocycles. The van der Waals surface area contributed by atoms with Crippen LogP contribution in [0, 0.1) is 20.8 Å². The maximum absolute atomic E-state index is 5.82. The Kier molecular flexibility index (Phi) is 3.93. The third-order valence-corrected chi connectivity index (χ3v) is 2.33. The molecule has 3 heteroatoms. The standard InChI is InChI=1S/C13H21N3/c1-8(2)15-13(14)16-12-10(4)6-9(3)7-11(12)5/h6-8H,1-5H3,(H3,14,15,16). The van der Waals surface area contributed by atoms with Gasteiger partial charge in [-0.25, -0.2) is 0 Å². The number of anilines is 1. The van der Waals surface area contributed by atoms with E-state index in [4.69, 9.17) is 5.73 Å². The molecule has 0 atom stereocenters. The van der Waals surface area contributed by atoms with Gasteiger partial charge < -0.3 is 11.1 Å². The number of nitrogens with two attached hydrogens (primary N) is 1. The van der Waals surface area contributed by atoms with E-state index in [0.717, 1.165) is 5.69 Å². The molecule has 0 heterocycles. The van der Waals surface area contributed by atoms with Crippen molar-refractivity contribution in [2.75, 3.05) is 5.32 Å². The van der Waals surface area contributed by atoms with Gasteiger partial charge >= 0.3 is 0 Å². The third kappa shape index (κ3) is 3.26. The molecule has 1 aromatic rings. The Morgan fingerprint density at radius 2 is 1.69 bits per heavy atom. The van der Waals surface area contributed by atoms with Crippen molar-refractivity contribution in [2.45, 2.75) is 40.7 Å². The molecule has 0 fully saturated rings. The fraction of sp³-hybridized carbons (Fsp3) is 0.462. The highest BCUT2D eigenvalue weighted by molar-refractivity contribution is 5.93. The SMILES string of the molecule is Cc1cc(C)c(NC(N)=NC(C)C)c(C)c1. The molecule has 88 valence electrons. The first kappa shape index (κ1) is 12.6. The highest BCUT2D eigenvalue weighted by Crippen LogP contribution is 2.21. The third-order valence-electron chi connectivity index (χ3n) is 2.33. The summed E-state index contributed by atoms with van der Waals surface area (Å²) < 4.78 is 0. The summed E-state index contributed by atoms with van der Waals surface area (Å²) >= 11 is 0. The lowest BCUT2D eigenvalue weighted by molar-refractivity contribution is 0.833. The van der Waals surface area contributed by atoms with Crippen LogP contribution >= 0.6 is 0 Å². The van der Waals surface area contributed by atoms with Crippen LogP contribution in [0.25, 0.3) is 0 Å². The summed E-state index contributed by atoms with van der Waals surface area (Å²) in [5.41, 5.74) is 10.5. The Morgan fingerprint density at radius 1 is 1.19 bits per heavy atom. The topological polar surface area (TPSA) is 50.4 Å². The molecule has 1 rings (SSSR count). The molecule has 0 saturated heterocycles. The molecule has 0 aromatic heterocycles. The first-order chi connectivity index (χ1) is 7.40. The van der Waals surface area contributed by atoms with E-state index in [9.17, 15) is 0 Å². The molecule has 0 bridgehead atoms. The highest BCUT2D eigenvalue weighted by atomic mass is 15.1. The zero-order chi connectivity index (χ0) is 12.3. The largest absolute Gasteiger partial charge is 0.370 e. The lowest BCUT2D eigenvalue weighted by Crippen LogP contribution is -2.25. The number of guanidine groups is 1. The summed E-state index contributed by atoms with van der Waals surface area (Å²) in [7, 11) is 0. The van der Waals surface area contributed by atoms with Crippen molar-refractivity contribution in [3.63, 3.8) is 0 Å². The minimum Gasteiger partial charge on any atom is -0.370 e. The average molecular weight is 219 g/mol. The van der Waals surface area contributed by atoms with E-state index in [1.54, 1.807) is 0 Å². The van der Waals surface area contributed by atoms with Gasteiger partial charge in [0.15, 0.2) is 5.96 Å². The van der Waals surface area contributed by atoms with E-state index >= 15 is 0 Å². The average Bonchev–Trinajstić information content (AvgIpc) is 2.09. The van der Waals surface area contributed by atoms with Crippen molar-refractivity contribution in [1.29, 1.82) is 0 Å². The van der Waals surface area contributed by atoms with E-state index in [0.29, 0.717) is 5.96 Å². The van der Waals surface area contributed by atoms with Crippen LogP contribution in [0.2, 0.25) is 0 Å². The predicted molar refractivity (Wildman–Crippen MR) is 71.0 cm³/mol. The van der Waals surface area contributed by atoms with Crippen molar-refractivity contribution in [3.05, 3.63) is 28.8 Å². The fourth-order valence-electron chi connectivity index (χ4n) is 1.82. The van der Waals surface area contributed by atoms with Gasteiger partial charge in [-0.3, -0.25) is 4.99 Å². The van der Waals surface area contributed by atoms with Gasteiger partial charge in [-0.1, -0.05) is 17.7 Å². The summed E-state index contributed by atoms with van der Waals surface area (Å²) in [6, 6.07) is 4.48. The molecule has 0 aliphatic rings. The Balaban J connectivity index is 2.98. The van der Waals surface area contributed by atoms with E-state index < -0.39 is 0 Å². The molecule has 0 saturated carbocycles. The number of aryl methyl sites for hydroxylation is 3. The molecular formula is C13H21N3. The van der Waals surface area contributed by atoms with Crippen molar-refractivity contribution in [3.8, 4) is 0 Å². The van der Waals surface area contributed by atoms with E-state index in [1.807, 2.05) is 13.8 Å². The molecule has 16 heavy (non-hydrogen) atoms. The minimum atomic E-state index is 0.207. The zero-order valence-corrected chi connectivity index (χ0v) is 10.8. The number of hydrogen-bond acceptors (Lipinski definition) is 1. The van der Waals surface area contributed by atoms with Crippen molar-refractivity contribution in [2.24, 2.45) is 10.7 Å². The van der Waals surface area contributed by atoms with Crippen LogP contribution in [0.15, 0.2) is 17.1 Å². The van der Waals surface area contributed by atoms with Gasteiger partial charge in [0, 0.05) is 11.7 Å². The summed E-state index contributed by atoms with van der Waals surface area (Å²) in [6.07, 6.45) is 0. The van der Waals surface area contributed by atoms with Crippen LogP contribution in [0.5, 0.6) is 0 Å². The van der Waals surface area contributed by atoms with Gasteiger partial charge in [-0.2, -0.15) is 0 Å². The van der Waals surface area contributed by atoms with Crippen molar-refractivity contribution >= 4 is 11.6 Å². The first-order valence-corrected chi connectivity index (χ1v) is 5.58. The Morgan fingerprint density at radius 3 is 2.12 bits per heavy atom. The van der Waals surface area contributed by atoms with Gasteiger partial charge in [0.1, 0.15) is 0 Å². The van der Waals surface area contributed by atoms with E-state index in [1.165, 1.54) is 16.7 Å². The van der Waals surface area contributed by atoms with Crippen LogP contribution in [0.3, 0.4) is 0 Å². The zero-order valence-electron chi connectivity index (χ0n) is 10.8. The van der Waals surface area contributed by atoms with Crippen molar-refractivity contribution in [1.82, 2.24) is 0 Å². The lowest BCUT2D eigenvalue weighted by atomic mass is 10.1. The predicted octanol–water partition coefficient (Wildman–Crippen LogP) is 2.75. The minimum absolute atomic E-state index is 0.207.